The van der Waals surface area contributed by atoms with Crippen LogP contribution in [-0.2, 0) is 9.47 Å². The number of nitrogens with one attached hydrogen (secondary N) is 1. The van der Waals surface area contributed by atoms with Gasteiger partial charge in [0.25, 0.3) is 0 Å². The third kappa shape index (κ3) is 4.49. The Morgan fingerprint density at radius 1 is 0.939 bits per heavy atom. The molecule has 10 heteroatoms. The zero-order valence-electron chi connectivity index (χ0n) is 18.4. The number of hydrogen-bond acceptors (Lipinski definition) is 9. The van der Waals surface area contributed by atoms with E-state index in [0.717, 1.165) is 10.9 Å². The first-order valence-electron chi connectivity index (χ1n) is 10.4. The number of hydrogen-bond donors (Lipinski definition) is 1. The SMILES string of the molecule is CCOC(=O)c1cnc(C)nc1Nc1c(C(=O)OCC)cnn1-c1ccc2ccccc2n1. The van der Waals surface area contributed by atoms with Gasteiger partial charge < -0.3 is 14.8 Å². The molecule has 0 spiro atoms. The van der Waals surface area contributed by atoms with Crippen molar-refractivity contribution in [2.75, 3.05) is 18.5 Å². The number of nitrogens with zero attached hydrogens (tertiary/aromatic N) is 5. The summed E-state index contributed by atoms with van der Waals surface area (Å²) in [6, 6.07) is 11.3. The van der Waals surface area contributed by atoms with Gasteiger partial charge in [-0.2, -0.15) is 9.78 Å². The van der Waals surface area contributed by atoms with Crippen LogP contribution < -0.4 is 5.32 Å². The van der Waals surface area contributed by atoms with Gasteiger partial charge in [-0.3, -0.25) is 0 Å². The Morgan fingerprint density at radius 2 is 1.67 bits per heavy atom. The van der Waals surface area contributed by atoms with Gasteiger partial charge in [0, 0.05) is 11.6 Å². The summed E-state index contributed by atoms with van der Waals surface area (Å²) >= 11 is 0. The van der Waals surface area contributed by atoms with Crippen LogP contribution in [-0.4, -0.2) is 49.9 Å². The average molecular weight is 446 g/mol. The fourth-order valence-corrected chi connectivity index (χ4v) is 3.21. The number of aryl methyl sites for hydroxylation is 1. The molecule has 1 N–H and O–H groups in total. The summed E-state index contributed by atoms with van der Waals surface area (Å²) in [5.74, 6) is 0.158. The molecule has 3 heterocycles. The summed E-state index contributed by atoms with van der Waals surface area (Å²) in [4.78, 5) is 38.2. The molecule has 4 aromatic rings. The highest BCUT2D eigenvalue weighted by Crippen LogP contribution is 2.27. The van der Waals surface area contributed by atoms with Crippen LogP contribution in [0, 0.1) is 6.92 Å². The van der Waals surface area contributed by atoms with Crippen LogP contribution in [0.5, 0.6) is 0 Å². The molecule has 0 bridgehead atoms. The fourth-order valence-electron chi connectivity index (χ4n) is 3.21. The van der Waals surface area contributed by atoms with Gasteiger partial charge in [-0.15, -0.1) is 0 Å². The highest BCUT2D eigenvalue weighted by Gasteiger charge is 2.24. The van der Waals surface area contributed by atoms with E-state index in [4.69, 9.17) is 9.47 Å². The highest BCUT2D eigenvalue weighted by molar-refractivity contribution is 5.98. The molecule has 3 aromatic heterocycles. The summed E-state index contributed by atoms with van der Waals surface area (Å²) in [5, 5.41) is 8.38. The van der Waals surface area contributed by atoms with E-state index in [1.165, 1.54) is 17.1 Å². The van der Waals surface area contributed by atoms with Gasteiger partial charge in [0.1, 0.15) is 22.8 Å². The maximum atomic E-state index is 12.6. The molecule has 0 unspecified atom stereocenters. The maximum absolute atomic E-state index is 12.6. The van der Waals surface area contributed by atoms with E-state index in [1.807, 2.05) is 30.3 Å². The number of para-hydroxylation sites is 1. The number of benzene rings is 1. The van der Waals surface area contributed by atoms with E-state index in [1.54, 1.807) is 26.8 Å². The number of carbonyl (C=O) groups is 2. The number of ether oxygens (including phenoxy) is 2. The van der Waals surface area contributed by atoms with Gasteiger partial charge >= 0.3 is 11.9 Å². The fraction of sp³-hybridized carbons (Fsp3) is 0.217. The molecular formula is C23H22N6O4. The molecule has 0 radical (unpaired) electrons. The van der Waals surface area contributed by atoms with Crippen LogP contribution in [0.15, 0.2) is 48.8 Å². The summed E-state index contributed by atoms with van der Waals surface area (Å²) in [6.07, 6.45) is 2.76. The topological polar surface area (TPSA) is 121 Å². The minimum atomic E-state index is -0.590. The van der Waals surface area contributed by atoms with Crippen LogP contribution >= 0.6 is 0 Å². The van der Waals surface area contributed by atoms with Gasteiger partial charge in [0.05, 0.1) is 24.9 Å². The molecule has 1 aromatic carbocycles. The van der Waals surface area contributed by atoms with Gasteiger partial charge in [0.15, 0.2) is 11.6 Å². The zero-order chi connectivity index (χ0) is 23.4. The van der Waals surface area contributed by atoms with Crippen molar-refractivity contribution in [1.29, 1.82) is 0 Å². The molecule has 0 aliphatic rings. The summed E-state index contributed by atoms with van der Waals surface area (Å²) in [7, 11) is 0. The molecule has 0 saturated carbocycles. The number of carbonyl (C=O) groups excluding carboxylic acids is 2. The van der Waals surface area contributed by atoms with Crippen molar-refractivity contribution in [3.05, 3.63) is 65.7 Å². The van der Waals surface area contributed by atoms with E-state index < -0.39 is 11.9 Å². The van der Waals surface area contributed by atoms with Gasteiger partial charge in [-0.05, 0) is 39.0 Å². The Hall–Kier alpha value is -4.34. The standard InChI is InChI=1S/C23H22N6O4/c1-4-32-22(30)16-12-24-14(3)26-20(16)28-21-17(23(31)33-5-2)13-25-29(21)19-11-10-15-8-6-7-9-18(15)27-19/h6-13H,4-5H2,1-3H3,(H,24,26,28). The second-order valence-corrected chi connectivity index (χ2v) is 6.93. The van der Waals surface area contributed by atoms with Crippen LogP contribution in [0.2, 0.25) is 0 Å². The predicted octanol–water partition coefficient (Wildman–Crippen LogP) is 3.62. The number of pyridine rings is 1. The normalized spacial score (nSPS) is 10.8. The second-order valence-electron chi connectivity index (χ2n) is 6.93. The largest absolute Gasteiger partial charge is 0.462 e. The molecule has 0 amide bonds. The Balaban J connectivity index is 1.84. The lowest BCUT2D eigenvalue weighted by Crippen LogP contribution is -2.15. The van der Waals surface area contributed by atoms with Gasteiger partial charge in [0.2, 0.25) is 0 Å². The van der Waals surface area contributed by atoms with Crippen LogP contribution in [0.4, 0.5) is 11.6 Å². The Labute approximate surface area is 189 Å². The maximum Gasteiger partial charge on any atom is 0.343 e. The van der Waals surface area contributed by atoms with Crippen LogP contribution in [0.3, 0.4) is 0 Å². The lowest BCUT2D eigenvalue weighted by molar-refractivity contribution is 0.0518. The molecule has 33 heavy (non-hydrogen) atoms. The first-order valence-corrected chi connectivity index (χ1v) is 10.4. The quantitative estimate of drug-likeness (QED) is 0.424. The second kappa shape index (κ2) is 9.43. The van der Waals surface area contributed by atoms with Crippen molar-refractivity contribution >= 4 is 34.5 Å². The van der Waals surface area contributed by atoms with E-state index >= 15 is 0 Å². The minimum absolute atomic E-state index is 0.122. The third-order valence-electron chi connectivity index (χ3n) is 4.71. The van der Waals surface area contributed by atoms with Crippen molar-refractivity contribution in [3.8, 4) is 5.82 Å². The third-order valence-corrected chi connectivity index (χ3v) is 4.71. The van der Waals surface area contributed by atoms with E-state index in [2.05, 4.69) is 25.4 Å². The molecule has 168 valence electrons. The summed E-state index contributed by atoms with van der Waals surface area (Å²) < 4.78 is 11.8. The molecule has 0 aliphatic carbocycles. The van der Waals surface area contributed by atoms with E-state index in [0.29, 0.717) is 11.6 Å². The van der Waals surface area contributed by atoms with Gasteiger partial charge in [-0.1, -0.05) is 18.2 Å². The van der Waals surface area contributed by atoms with Crippen LogP contribution in [0.1, 0.15) is 40.4 Å². The molecular weight excluding hydrogens is 424 g/mol. The molecule has 0 aliphatic heterocycles. The van der Waals surface area contributed by atoms with Crippen molar-refractivity contribution in [2.45, 2.75) is 20.8 Å². The summed E-state index contributed by atoms with van der Waals surface area (Å²) in [6.45, 7) is 5.50. The number of rotatable bonds is 7. The first-order chi connectivity index (χ1) is 16.0. The monoisotopic (exact) mass is 446 g/mol. The minimum Gasteiger partial charge on any atom is -0.462 e. The van der Waals surface area contributed by atoms with E-state index in [9.17, 15) is 9.59 Å². The molecule has 0 fully saturated rings. The zero-order valence-corrected chi connectivity index (χ0v) is 18.4. The van der Waals surface area contributed by atoms with Crippen LogP contribution in [0.25, 0.3) is 16.7 Å². The molecule has 10 nitrogen and oxygen atoms in total. The highest BCUT2D eigenvalue weighted by atomic mass is 16.5. The lowest BCUT2D eigenvalue weighted by Gasteiger charge is -2.14. The van der Waals surface area contributed by atoms with Gasteiger partial charge in [-0.25, -0.2) is 24.5 Å². The van der Waals surface area contributed by atoms with Crippen molar-refractivity contribution in [3.63, 3.8) is 0 Å². The Bertz CT molecular complexity index is 1330. The molecule has 0 atom stereocenters. The predicted molar refractivity (Wildman–Crippen MR) is 121 cm³/mol. The molecule has 4 rings (SSSR count). The van der Waals surface area contributed by atoms with Crippen molar-refractivity contribution < 1.29 is 19.1 Å². The Kier molecular flexibility index (Phi) is 6.25. The number of fused-ring (bicyclic) bond motifs is 1. The Morgan fingerprint density at radius 3 is 2.42 bits per heavy atom. The number of aromatic nitrogens is 5. The molecule has 0 saturated heterocycles. The van der Waals surface area contributed by atoms with Crippen molar-refractivity contribution in [1.82, 2.24) is 24.7 Å². The lowest BCUT2D eigenvalue weighted by atomic mass is 10.2. The number of anilines is 2. The first kappa shape index (κ1) is 21.9. The number of esters is 2. The average Bonchev–Trinajstić information content (AvgIpc) is 3.22. The summed E-state index contributed by atoms with van der Waals surface area (Å²) in [5.41, 5.74) is 1.05. The van der Waals surface area contributed by atoms with Crippen molar-refractivity contribution in [2.24, 2.45) is 0 Å². The van der Waals surface area contributed by atoms with E-state index in [-0.39, 0.29) is 36.0 Å². The smallest absolute Gasteiger partial charge is 0.343 e.